The monoisotopic (exact) mass is 356 g/mol. The predicted octanol–water partition coefficient (Wildman–Crippen LogP) is 3.93. The molecule has 1 aromatic carbocycles. The molecule has 0 bridgehead atoms. The first-order chi connectivity index (χ1) is 10.0. The molecule has 0 amide bonds. The zero-order valence-electron chi connectivity index (χ0n) is 13.7. The summed E-state index contributed by atoms with van der Waals surface area (Å²) in [7, 11) is 0. The number of benzene rings is 1. The number of aliphatic hydroxyl groups excluding tert-OH is 1. The van der Waals surface area contributed by atoms with Crippen LogP contribution in [0.3, 0.4) is 0 Å². The van der Waals surface area contributed by atoms with E-state index in [2.05, 4.69) is 72.0 Å². The van der Waals surface area contributed by atoms with Crippen molar-refractivity contribution in [2.45, 2.75) is 59.2 Å². The quantitative estimate of drug-likeness (QED) is 0.703. The molecule has 0 aliphatic rings. The van der Waals surface area contributed by atoms with Crippen molar-refractivity contribution in [2.24, 2.45) is 0 Å². The van der Waals surface area contributed by atoms with Crippen LogP contribution in [-0.4, -0.2) is 30.3 Å². The van der Waals surface area contributed by atoms with Crippen LogP contribution in [0.15, 0.2) is 22.7 Å². The number of halogens is 1. The lowest BCUT2D eigenvalue weighted by Crippen LogP contribution is -2.36. The number of nitrogens with one attached hydrogen (secondary N) is 1. The zero-order chi connectivity index (χ0) is 15.8. The summed E-state index contributed by atoms with van der Waals surface area (Å²) in [5.74, 6) is 0. The van der Waals surface area contributed by atoms with Gasteiger partial charge in [0.1, 0.15) is 0 Å². The van der Waals surface area contributed by atoms with Crippen molar-refractivity contribution < 1.29 is 5.11 Å². The number of hydrogen-bond acceptors (Lipinski definition) is 3. The summed E-state index contributed by atoms with van der Waals surface area (Å²) in [5, 5.41) is 12.8. The molecule has 0 heterocycles. The van der Waals surface area contributed by atoms with Crippen molar-refractivity contribution in [3.05, 3.63) is 28.2 Å². The zero-order valence-corrected chi connectivity index (χ0v) is 15.3. The van der Waals surface area contributed by atoms with Crippen LogP contribution in [0.5, 0.6) is 0 Å². The Morgan fingerprint density at radius 2 is 1.90 bits per heavy atom. The van der Waals surface area contributed by atoms with Crippen molar-refractivity contribution in [1.29, 1.82) is 0 Å². The van der Waals surface area contributed by atoms with E-state index in [0.717, 1.165) is 23.9 Å². The van der Waals surface area contributed by atoms with E-state index in [1.807, 2.05) is 0 Å². The lowest BCUT2D eigenvalue weighted by molar-refractivity contribution is 0.296. The Morgan fingerprint density at radius 1 is 1.24 bits per heavy atom. The van der Waals surface area contributed by atoms with E-state index in [0.29, 0.717) is 18.6 Å². The number of aliphatic hydroxyl groups is 1. The molecule has 0 radical (unpaired) electrons. The third kappa shape index (κ3) is 5.61. The summed E-state index contributed by atoms with van der Waals surface area (Å²) < 4.78 is 1.13. The maximum absolute atomic E-state index is 9.34. The Kier molecular flexibility index (Phi) is 8.30. The number of nitrogens with zero attached hydrogens (tertiary/aromatic N) is 1. The van der Waals surface area contributed by atoms with Crippen LogP contribution < -0.4 is 10.2 Å². The van der Waals surface area contributed by atoms with Crippen LogP contribution in [0.1, 0.15) is 46.1 Å². The topological polar surface area (TPSA) is 35.5 Å². The average molecular weight is 357 g/mol. The van der Waals surface area contributed by atoms with Crippen LogP contribution in [0, 0.1) is 0 Å². The lowest BCUT2D eigenvalue weighted by Gasteiger charge is -2.32. The third-order valence-electron chi connectivity index (χ3n) is 3.79. The molecular weight excluding hydrogens is 328 g/mol. The summed E-state index contributed by atoms with van der Waals surface area (Å²) in [6.07, 6.45) is 2.18. The van der Waals surface area contributed by atoms with E-state index >= 15 is 0 Å². The van der Waals surface area contributed by atoms with Gasteiger partial charge in [-0.2, -0.15) is 0 Å². The minimum Gasteiger partial charge on any atom is -0.395 e. The lowest BCUT2D eigenvalue weighted by atomic mass is 10.1. The maximum Gasteiger partial charge on any atom is 0.0606 e. The van der Waals surface area contributed by atoms with E-state index in [-0.39, 0.29) is 6.61 Å². The number of hydrogen-bond donors (Lipinski definition) is 2. The largest absolute Gasteiger partial charge is 0.395 e. The molecule has 0 saturated carbocycles. The summed E-state index contributed by atoms with van der Waals surface area (Å²) >= 11 is 3.68. The molecule has 0 fully saturated rings. The number of anilines is 1. The van der Waals surface area contributed by atoms with Crippen LogP contribution in [0.4, 0.5) is 5.69 Å². The van der Waals surface area contributed by atoms with Crippen molar-refractivity contribution in [3.63, 3.8) is 0 Å². The highest BCUT2D eigenvalue weighted by molar-refractivity contribution is 9.10. The second kappa shape index (κ2) is 9.44. The van der Waals surface area contributed by atoms with Gasteiger partial charge in [0.25, 0.3) is 0 Å². The van der Waals surface area contributed by atoms with Gasteiger partial charge in [-0.05, 0) is 30.5 Å². The molecule has 1 aromatic rings. The van der Waals surface area contributed by atoms with Gasteiger partial charge in [-0.15, -0.1) is 0 Å². The molecule has 0 aromatic heterocycles. The van der Waals surface area contributed by atoms with Crippen LogP contribution in [0.25, 0.3) is 0 Å². The SMILES string of the molecule is CCC(CC)N(CCO)c1ccc(CNC(C)C)c(Br)c1. The van der Waals surface area contributed by atoms with E-state index in [1.165, 1.54) is 11.3 Å². The fourth-order valence-corrected chi connectivity index (χ4v) is 3.04. The van der Waals surface area contributed by atoms with Crippen LogP contribution in [0.2, 0.25) is 0 Å². The first kappa shape index (κ1) is 18.5. The smallest absolute Gasteiger partial charge is 0.0606 e. The molecular formula is C17H29BrN2O. The minimum atomic E-state index is 0.185. The van der Waals surface area contributed by atoms with E-state index < -0.39 is 0 Å². The van der Waals surface area contributed by atoms with Crippen LogP contribution >= 0.6 is 15.9 Å². The van der Waals surface area contributed by atoms with E-state index in [1.54, 1.807) is 0 Å². The Hall–Kier alpha value is -0.580. The second-order valence-electron chi connectivity index (χ2n) is 5.70. The average Bonchev–Trinajstić information content (AvgIpc) is 2.46. The van der Waals surface area contributed by atoms with Gasteiger partial charge >= 0.3 is 0 Å². The second-order valence-corrected chi connectivity index (χ2v) is 6.55. The first-order valence-corrected chi connectivity index (χ1v) is 8.72. The van der Waals surface area contributed by atoms with Gasteiger partial charge in [0, 0.05) is 35.3 Å². The summed E-state index contributed by atoms with van der Waals surface area (Å²) in [6.45, 7) is 10.4. The van der Waals surface area contributed by atoms with Crippen molar-refractivity contribution in [2.75, 3.05) is 18.1 Å². The Balaban J connectivity index is 2.92. The third-order valence-corrected chi connectivity index (χ3v) is 4.53. The summed E-state index contributed by atoms with van der Waals surface area (Å²) in [6, 6.07) is 7.46. The molecule has 4 heteroatoms. The Bertz CT molecular complexity index is 419. The fraction of sp³-hybridized carbons (Fsp3) is 0.647. The first-order valence-electron chi connectivity index (χ1n) is 7.92. The summed E-state index contributed by atoms with van der Waals surface area (Å²) in [5.41, 5.74) is 2.44. The Labute approximate surface area is 137 Å². The number of rotatable bonds is 9. The van der Waals surface area contributed by atoms with Gasteiger partial charge in [-0.1, -0.05) is 49.7 Å². The molecule has 1 rings (SSSR count). The van der Waals surface area contributed by atoms with Gasteiger partial charge in [-0.25, -0.2) is 0 Å². The maximum atomic E-state index is 9.34. The highest BCUT2D eigenvalue weighted by atomic mass is 79.9. The van der Waals surface area contributed by atoms with Gasteiger partial charge in [0.05, 0.1) is 6.61 Å². The molecule has 21 heavy (non-hydrogen) atoms. The minimum absolute atomic E-state index is 0.185. The highest BCUT2D eigenvalue weighted by Crippen LogP contribution is 2.27. The molecule has 0 atom stereocenters. The summed E-state index contributed by atoms with van der Waals surface area (Å²) in [4.78, 5) is 2.31. The fourth-order valence-electron chi connectivity index (χ4n) is 2.53. The predicted molar refractivity (Wildman–Crippen MR) is 94.9 cm³/mol. The van der Waals surface area contributed by atoms with E-state index in [4.69, 9.17) is 0 Å². The molecule has 2 N–H and O–H groups in total. The van der Waals surface area contributed by atoms with Crippen LogP contribution in [-0.2, 0) is 6.54 Å². The standard InChI is InChI=1S/C17H29BrN2O/c1-5-15(6-2)20(9-10-21)16-8-7-14(17(18)11-16)12-19-13(3)4/h7-8,11,13,15,19,21H,5-6,9-10,12H2,1-4H3. The Morgan fingerprint density at radius 3 is 2.38 bits per heavy atom. The normalized spacial score (nSPS) is 11.4. The molecule has 3 nitrogen and oxygen atoms in total. The van der Waals surface area contributed by atoms with Gasteiger partial charge in [-0.3, -0.25) is 0 Å². The molecule has 0 unspecified atom stereocenters. The molecule has 0 aliphatic heterocycles. The van der Waals surface area contributed by atoms with E-state index in [9.17, 15) is 5.11 Å². The van der Waals surface area contributed by atoms with Crippen molar-refractivity contribution >= 4 is 21.6 Å². The molecule has 0 aliphatic carbocycles. The van der Waals surface area contributed by atoms with Gasteiger partial charge in [0.15, 0.2) is 0 Å². The van der Waals surface area contributed by atoms with Gasteiger partial charge in [0.2, 0.25) is 0 Å². The molecule has 0 saturated heterocycles. The van der Waals surface area contributed by atoms with Crippen molar-refractivity contribution in [3.8, 4) is 0 Å². The van der Waals surface area contributed by atoms with Crippen molar-refractivity contribution in [1.82, 2.24) is 5.32 Å². The molecule has 120 valence electrons. The highest BCUT2D eigenvalue weighted by Gasteiger charge is 2.16. The molecule has 0 spiro atoms. The van der Waals surface area contributed by atoms with Gasteiger partial charge < -0.3 is 15.3 Å².